The van der Waals surface area contributed by atoms with E-state index in [1.54, 1.807) is 27.9 Å². The third-order valence-electron chi connectivity index (χ3n) is 8.95. The smallest absolute Gasteiger partial charge is 0.410 e. The van der Waals surface area contributed by atoms with Gasteiger partial charge in [0, 0.05) is 32.1 Å². The van der Waals surface area contributed by atoms with E-state index in [9.17, 15) is 14.4 Å². The average molecular weight is 684 g/mol. The molecule has 50 heavy (non-hydrogen) atoms. The van der Waals surface area contributed by atoms with Gasteiger partial charge in [0.05, 0.1) is 36.6 Å². The predicted octanol–water partition coefficient (Wildman–Crippen LogP) is 5.46. The Morgan fingerprint density at radius 1 is 0.980 bits per heavy atom. The minimum Gasteiger partial charge on any atom is -0.485 e. The molecule has 0 bridgehead atoms. The zero-order valence-corrected chi connectivity index (χ0v) is 29.4. The van der Waals surface area contributed by atoms with E-state index in [0.29, 0.717) is 44.6 Å². The molecule has 0 radical (unpaired) electrons. The zero-order valence-electron chi connectivity index (χ0n) is 29.4. The molecule has 5 rings (SSSR count). The van der Waals surface area contributed by atoms with Crippen LogP contribution < -0.4 is 10.1 Å². The number of ether oxygens (including phenoxy) is 3. The highest BCUT2D eigenvalue weighted by atomic mass is 16.6. The number of para-hydroxylation sites is 1. The molecule has 3 atom stereocenters. The first kappa shape index (κ1) is 36.4. The first-order valence-electron chi connectivity index (χ1n) is 17.2. The van der Waals surface area contributed by atoms with Gasteiger partial charge in [0.2, 0.25) is 5.91 Å². The minimum absolute atomic E-state index is 0.0873. The molecule has 3 aromatic rings. The molecule has 1 unspecified atom stereocenters. The maximum Gasteiger partial charge on any atom is 0.410 e. The van der Waals surface area contributed by atoms with Crippen molar-refractivity contribution in [3.05, 3.63) is 103 Å². The molecule has 266 valence electrons. The third kappa shape index (κ3) is 9.01. The SMILES string of the molecule is C=CCOCC1(C(=O)N2C[C@@H](Cc3ccccc3)[C@@H](NC(=O)c3nn(-c4ccccc4)cc3OCC=C)C2)CCCN(C(=O)OC(C)(C)C)C1. The second-order valence-corrected chi connectivity index (χ2v) is 14.1. The van der Waals surface area contributed by atoms with Gasteiger partial charge in [-0.3, -0.25) is 9.59 Å². The van der Waals surface area contributed by atoms with E-state index in [2.05, 4.69) is 35.7 Å². The van der Waals surface area contributed by atoms with Crippen molar-refractivity contribution in [2.75, 3.05) is 46.0 Å². The van der Waals surface area contributed by atoms with Gasteiger partial charge in [0.25, 0.3) is 5.91 Å². The Hall–Kier alpha value is -4.90. The van der Waals surface area contributed by atoms with Crippen LogP contribution in [0.25, 0.3) is 5.69 Å². The number of piperidine rings is 1. The summed E-state index contributed by atoms with van der Waals surface area (Å²) in [6.45, 7) is 15.0. The molecule has 3 heterocycles. The number of rotatable bonds is 13. The van der Waals surface area contributed by atoms with Gasteiger partial charge in [-0.05, 0) is 57.7 Å². The van der Waals surface area contributed by atoms with Crippen molar-refractivity contribution in [1.82, 2.24) is 24.9 Å². The van der Waals surface area contributed by atoms with E-state index in [4.69, 9.17) is 14.2 Å². The number of nitrogens with zero attached hydrogens (tertiary/aromatic N) is 4. The van der Waals surface area contributed by atoms with E-state index in [1.807, 2.05) is 74.2 Å². The van der Waals surface area contributed by atoms with Crippen molar-refractivity contribution in [2.24, 2.45) is 11.3 Å². The maximum atomic E-state index is 14.7. The molecule has 1 N–H and O–H groups in total. The first-order valence-corrected chi connectivity index (χ1v) is 17.2. The molecule has 0 saturated carbocycles. The van der Waals surface area contributed by atoms with E-state index < -0.39 is 23.0 Å². The number of aromatic nitrogens is 2. The highest BCUT2D eigenvalue weighted by Gasteiger charge is 2.49. The van der Waals surface area contributed by atoms with Crippen molar-refractivity contribution >= 4 is 17.9 Å². The normalized spacial score (nSPS) is 20.6. The summed E-state index contributed by atoms with van der Waals surface area (Å²) < 4.78 is 19.1. The van der Waals surface area contributed by atoms with Crippen molar-refractivity contribution in [3.63, 3.8) is 0 Å². The van der Waals surface area contributed by atoms with Crippen LogP contribution in [0.4, 0.5) is 4.79 Å². The van der Waals surface area contributed by atoms with Gasteiger partial charge < -0.3 is 29.3 Å². The van der Waals surface area contributed by atoms with Crippen LogP contribution in [0.2, 0.25) is 0 Å². The molecule has 2 aromatic carbocycles. The lowest BCUT2D eigenvalue weighted by Crippen LogP contribution is -2.57. The maximum absolute atomic E-state index is 14.7. The van der Waals surface area contributed by atoms with Crippen LogP contribution in [-0.4, -0.2) is 95.1 Å². The number of hydrogen-bond donors (Lipinski definition) is 1. The summed E-state index contributed by atoms with van der Waals surface area (Å²) in [5, 5.41) is 7.81. The molecule has 2 aliphatic heterocycles. The Kier molecular flexibility index (Phi) is 11.8. The average Bonchev–Trinajstić information content (AvgIpc) is 3.71. The largest absolute Gasteiger partial charge is 0.485 e. The molecule has 0 spiro atoms. The molecule has 2 saturated heterocycles. The van der Waals surface area contributed by atoms with Crippen LogP contribution in [0.1, 0.15) is 49.7 Å². The second kappa shape index (κ2) is 16.2. The Labute approximate surface area is 294 Å². The Morgan fingerprint density at radius 2 is 1.68 bits per heavy atom. The summed E-state index contributed by atoms with van der Waals surface area (Å²) in [7, 11) is 0. The van der Waals surface area contributed by atoms with Gasteiger partial charge in [0.1, 0.15) is 12.2 Å². The lowest BCUT2D eigenvalue weighted by Gasteiger charge is -2.43. The van der Waals surface area contributed by atoms with Crippen molar-refractivity contribution in [2.45, 2.75) is 51.7 Å². The van der Waals surface area contributed by atoms with Gasteiger partial charge in [-0.25, -0.2) is 9.48 Å². The number of hydrogen-bond acceptors (Lipinski definition) is 7. The first-order chi connectivity index (χ1) is 24.0. The number of nitrogens with one attached hydrogen (secondary N) is 1. The highest BCUT2D eigenvalue weighted by Crippen LogP contribution is 2.36. The third-order valence-corrected chi connectivity index (χ3v) is 8.95. The standard InChI is InChI=1S/C39H49N5O6/c1-6-21-48-28-39(19-14-20-42(27-39)37(47)50-38(3,4)5)36(46)43-24-30(23-29-15-10-8-11-16-29)32(25-43)40-35(45)34-33(49-22-7-2)26-44(41-34)31-17-12-9-13-18-31/h6-13,15-18,26,30,32H,1-2,14,19-25,27-28H2,3-5H3,(H,40,45)/t30-,32+,39?/m1/s1. The van der Waals surface area contributed by atoms with E-state index in [-0.39, 0.29) is 49.9 Å². The van der Waals surface area contributed by atoms with Crippen LogP contribution in [-0.2, 0) is 20.7 Å². The van der Waals surface area contributed by atoms with Crippen molar-refractivity contribution in [1.29, 1.82) is 0 Å². The molecule has 3 amide bonds. The number of amides is 3. The quantitative estimate of drug-likeness (QED) is 0.188. The van der Waals surface area contributed by atoms with Crippen LogP contribution >= 0.6 is 0 Å². The fourth-order valence-electron chi connectivity index (χ4n) is 6.69. The Balaban J connectivity index is 1.41. The summed E-state index contributed by atoms with van der Waals surface area (Å²) in [5.41, 5.74) is 0.389. The molecule has 0 aliphatic carbocycles. The fourth-order valence-corrected chi connectivity index (χ4v) is 6.69. The van der Waals surface area contributed by atoms with Crippen LogP contribution in [0.15, 0.2) is 92.2 Å². The Bertz CT molecular complexity index is 1640. The summed E-state index contributed by atoms with van der Waals surface area (Å²) >= 11 is 0. The minimum atomic E-state index is -0.978. The molecule has 11 nitrogen and oxygen atoms in total. The molecule has 11 heteroatoms. The highest BCUT2D eigenvalue weighted by molar-refractivity contribution is 5.95. The molecule has 2 fully saturated rings. The number of carbonyl (C=O) groups is 3. The van der Waals surface area contributed by atoms with Crippen molar-refractivity contribution in [3.8, 4) is 11.4 Å². The number of likely N-dealkylation sites (tertiary alicyclic amines) is 2. The van der Waals surface area contributed by atoms with Gasteiger partial charge in [-0.1, -0.05) is 67.3 Å². The van der Waals surface area contributed by atoms with Crippen LogP contribution in [0, 0.1) is 11.3 Å². The number of carbonyl (C=O) groups excluding carboxylic acids is 3. The van der Waals surface area contributed by atoms with E-state index in [0.717, 1.165) is 11.3 Å². The topological polar surface area (TPSA) is 115 Å². The summed E-state index contributed by atoms with van der Waals surface area (Å²) in [4.78, 5) is 45.3. The second-order valence-electron chi connectivity index (χ2n) is 14.1. The monoisotopic (exact) mass is 683 g/mol. The van der Waals surface area contributed by atoms with E-state index >= 15 is 0 Å². The van der Waals surface area contributed by atoms with Gasteiger partial charge >= 0.3 is 6.09 Å². The molecular weight excluding hydrogens is 634 g/mol. The van der Waals surface area contributed by atoms with E-state index in [1.165, 1.54) is 0 Å². The van der Waals surface area contributed by atoms with Crippen LogP contribution in [0.3, 0.4) is 0 Å². The Morgan fingerprint density at radius 3 is 2.36 bits per heavy atom. The molecule has 2 aliphatic rings. The van der Waals surface area contributed by atoms with Crippen LogP contribution in [0.5, 0.6) is 5.75 Å². The fraction of sp³-hybridized carbons (Fsp3) is 0.436. The van der Waals surface area contributed by atoms with Gasteiger partial charge in [-0.2, -0.15) is 5.10 Å². The van der Waals surface area contributed by atoms with Crippen molar-refractivity contribution < 1.29 is 28.6 Å². The molecule has 1 aromatic heterocycles. The summed E-state index contributed by atoms with van der Waals surface area (Å²) in [6.07, 6.45) is 6.33. The molecular formula is C39H49N5O6. The predicted molar refractivity (Wildman–Crippen MR) is 191 cm³/mol. The summed E-state index contributed by atoms with van der Waals surface area (Å²) in [5.74, 6) is -0.253. The lowest BCUT2D eigenvalue weighted by molar-refractivity contribution is -0.149. The zero-order chi connectivity index (χ0) is 35.7. The lowest BCUT2D eigenvalue weighted by atomic mass is 9.79. The summed E-state index contributed by atoms with van der Waals surface area (Å²) in [6, 6.07) is 19.2. The van der Waals surface area contributed by atoms with Gasteiger partial charge in [-0.15, -0.1) is 6.58 Å². The number of benzene rings is 2. The van der Waals surface area contributed by atoms with Gasteiger partial charge in [0.15, 0.2) is 11.4 Å².